The van der Waals surface area contributed by atoms with Crippen molar-refractivity contribution in [3.63, 3.8) is 0 Å². The minimum absolute atomic E-state index is 0.979. The topological polar surface area (TPSA) is 83.5 Å². The average molecular weight is 145 g/mol. The van der Waals surface area contributed by atoms with Gasteiger partial charge in [-0.15, -0.1) is 12.8 Å². The molecule has 0 amide bonds. The second-order valence-electron chi connectivity index (χ2n) is 1.60. The van der Waals surface area contributed by atoms with Gasteiger partial charge in [0.15, 0.2) is 0 Å². The molecule has 0 saturated carbocycles. The third-order valence-corrected chi connectivity index (χ3v) is 0.805. The van der Waals surface area contributed by atoms with Crippen LogP contribution in [0.15, 0.2) is 0 Å². The molecular weight excluding hydrogens is 134 g/mol. The number of hydrogen-bond acceptors (Lipinski definition) is 3. The molecule has 0 heterocycles. The molecule has 2 atom stereocenters. The third kappa shape index (κ3) is 5.09. The van der Waals surface area contributed by atoms with Crippen molar-refractivity contribution < 1.29 is 15.0 Å². The monoisotopic (exact) mass is 145 g/mol. The summed E-state index contributed by atoms with van der Waals surface area (Å²) >= 11 is 0. The summed E-state index contributed by atoms with van der Waals surface area (Å²) in [5.74, 6) is -1.18. The highest BCUT2D eigenvalue weighted by molar-refractivity contribution is 5.73. The number of aliphatic hydroxyl groups is 1. The Labute approximate surface area is 59.7 Å². The van der Waals surface area contributed by atoms with Crippen molar-refractivity contribution in [1.29, 1.82) is 0 Å². The lowest BCUT2D eigenvalue weighted by atomic mass is 10.2. The van der Waals surface area contributed by atoms with Gasteiger partial charge in [0.1, 0.15) is 6.04 Å². The van der Waals surface area contributed by atoms with Crippen molar-refractivity contribution in [2.75, 3.05) is 0 Å². The fraction of sp³-hybridized carbons (Fsp3) is 0.500. The van der Waals surface area contributed by atoms with Gasteiger partial charge in [-0.2, -0.15) is 0 Å². The maximum absolute atomic E-state index is 9.86. The van der Waals surface area contributed by atoms with Gasteiger partial charge < -0.3 is 15.9 Å². The van der Waals surface area contributed by atoms with E-state index in [1.54, 1.807) is 0 Å². The molecule has 0 aromatic rings. The van der Waals surface area contributed by atoms with Gasteiger partial charge in [0, 0.05) is 0 Å². The van der Waals surface area contributed by atoms with Gasteiger partial charge in [-0.25, -0.2) is 0 Å². The lowest BCUT2D eigenvalue weighted by molar-refractivity contribution is -0.140. The van der Waals surface area contributed by atoms with Crippen LogP contribution in [0.3, 0.4) is 0 Å². The maximum Gasteiger partial charge on any atom is 0.323 e. The number of aliphatic carboxylic acids is 1. The number of carboxylic acid groups (broad SMARTS) is 1. The van der Waals surface area contributed by atoms with E-state index in [4.69, 9.17) is 15.9 Å². The predicted octanol–water partition coefficient (Wildman–Crippen LogP) is -0.971. The van der Waals surface area contributed by atoms with Gasteiger partial charge in [0.05, 0.1) is 6.10 Å². The molecule has 0 unspecified atom stereocenters. The molecule has 0 aromatic heterocycles. The van der Waals surface area contributed by atoms with E-state index in [0.29, 0.717) is 0 Å². The number of carbonyl (C=O) groups is 1. The smallest absolute Gasteiger partial charge is 0.323 e. The van der Waals surface area contributed by atoms with Gasteiger partial charge >= 0.3 is 5.97 Å². The Morgan fingerprint density at radius 3 is 1.90 bits per heavy atom. The van der Waals surface area contributed by atoms with Crippen LogP contribution in [0.1, 0.15) is 6.92 Å². The second-order valence-corrected chi connectivity index (χ2v) is 1.60. The van der Waals surface area contributed by atoms with Crippen molar-refractivity contribution in [3.05, 3.63) is 0 Å². The summed E-state index contributed by atoms with van der Waals surface area (Å²) in [4.78, 5) is 9.86. The van der Waals surface area contributed by atoms with Crippen molar-refractivity contribution in [2.24, 2.45) is 5.73 Å². The van der Waals surface area contributed by atoms with Crippen LogP contribution < -0.4 is 5.73 Å². The molecule has 0 saturated heterocycles. The Morgan fingerprint density at radius 1 is 1.60 bits per heavy atom. The number of rotatable bonds is 2. The molecule has 58 valence electrons. The van der Waals surface area contributed by atoms with Gasteiger partial charge in [0.25, 0.3) is 0 Å². The van der Waals surface area contributed by atoms with E-state index in [1.807, 2.05) is 0 Å². The van der Waals surface area contributed by atoms with E-state index in [2.05, 4.69) is 12.8 Å². The highest BCUT2D eigenvalue weighted by atomic mass is 16.4. The van der Waals surface area contributed by atoms with Gasteiger partial charge in [0.2, 0.25) is 0 Å². The zero-order chi connectivity index (χ0) is 8.73. The number of aliphatic hydroxyl groups excluding tert-OH is 1. The molecule has 0 radical (unpaired) electrons. The van der Waals surface area contributed by atoms with Gasteiger partial charge in [-0.3, -0.25) is 4.79 Å². The molecule has 0 bridgehead atoms. The van der Waals surface area contributed by atoms with Crippen LogP contribution in [0.5, 0.6) is 0 Å². The molecule has 0 rings (SSSR count). The Hall–Kier alpha value is -1.05. The highest BCUT2D eigenvalue weighted by Gasteiger charge is 2.16. The minimum Gasteiger partial charge on any atom is -0.480 e. The molecule has 4 N–H and O–H groups in total. The second kappa shape index (κ2) is 6.08. The van der Waals surface area contributed by atoms with E-state index in [0.717, 1.165) is 0 Å². The first-order valence-corrected chi connectivity index (χ1v) is 2.55. The summed E-state index contributed by atoms with van der Waals surface area (Å²) in [5, 5.41) is 16.6. The summed E-state index contributed by atoms with van der Waals surface area (Å²) in [5.41, 5.74) is 4.91. The van der Waals surface area contributed by atoms with E-state index in [-0.39, 0.29) is 0 Å². The van der Waals surface area contributed by atoms with Crippen LogP contribution >= 0.6 is 0 Å². The Bertz CT molecular complexity index is 119. The first-order chi connectivity index (χ1) is 4.55. The summed E-state index contributed by atoms with van der Waals surface area (Å²) < 4.78 is 0. The molecule has 4 nitrogen and oxygen atoms in total. The normalized spacial score (nSPS) is 14.1. The van der Waals surface area contributed by atoms with Crippen LogP contribution in [0.25, 0.3) is 0 Å². The van der Waals surface area contributed by atoms with E-state index < -0.39 is 18.1 Å². The fourth-order valence-electron chi connectivity index (χ4n) is 0.206. The Morgan fingerprint density at radius 2 is 1.90 bits per heavy atom. The molecule has 0 spiro atoms. The lowest BCUT2D eigenvalue weighted by Crippen LogP contribution is -2.39. The molecule has 0 aliphatic heterocycles. The number of hydrogen-bond donors (Lipinski definition) is 3. The van der Waals surface area contributed by atoms with Crippen LogP contribution in [0.4, 0.5) is 0 Å². The zero-order valence-corrected chi connectivity index (χ0v) is 5.69. The van der Waals surface area contributed by atoms with Gasteiger partial charge in [-0.05, 0) is 6.92 Å². The minimum atomic E-state index is -1.18. The summed E-state index contributed by atoms with van der Waals surface area (Å²) in [6.07, 6.45) is 7.02. The first-order valence-electron chi connectivity index (χ1n) is 2.55. The molecule has 4 heteroatoms. The predicted molar refractivity (Wildman–Crippen MR) is 37.2 cm³/mol. The lowest BCUT2D eigenvalue weighted by Gasteiger charge is -2.06. The molecule has 0 aromatic carbocycles. The number of terminal acetylenes is 1. The Kier molecular flexibility index (Phi) is 7.12. The van der Waals surface area contributed by atoms with E-state index in [9.17, 15) is 4.79 Å². The van der Waals surface area contributed by atoms with E-state index >= 15 is 0 Å². The molecular formula is C6H11NO3. The van der Waals surface area contributed by atoms with Crippen LogP contribution in [-0.2, 0) is 4.79 Å². The molecule has 0 aliphatic carbocycles. The third-order valence-electron chi connectivity index (χ3n) is 0.805. The highest BCUT2D eigenvalue weighted by Crippen LogP contribution is 1.85. The van der Waals surface area contributed by atoms with Crippen molar-refractivity contribution in [3.8, 4) is 12.8 Å². The number of nitrogens with two attached hydrogens (primary N) is 1. The standard InChI is InChI=1S/C4H9NO3.C2H2/c1-2(6)3(5)4(7)8;1-2/h2-3,6H,5H2,1H3,(H,7,8);1-2H/t2-,3+;/m1./s1. The number of carboxylic acids is 1. The average Bonchev–Trinajstić information content (AvgIpc) is 1.90. The Balaban J connectivity index is 0. The summed E-state index contributed by atoms with van der Waals surface area (Å²) in [6, 6.07) is -1.16. The molecule has 10 heavy (non-hydrogen) atoms. The van der Waals surface area contributed by atoms with Crippen molar-refractivity contribution >= 4 is 5.97 Å². The maximum atomic E-state index is 9.86. The molecule has 0 aliphatic rings. The zero-order valence-electron chi connectivity index (χ0n) is 5.69. The SMILES string of the molecule is C#C.C[C@@H](O)[C@H](N)C(=O)O. The summed E-state index contributed by atoms with van der Waals surface area (Å²) in [7, 11) is 0. The van der Waals surface area contributed by atoms with Gasteiger partial charge in [-0.1, -0.05) is 0 Å². The quantitative estimate of drug-likeness (QED) is 0.436. The molecule has 0 fully saturated rings. The first kappa shape index (κ1) is 11.7. The van der Waals surface area contributed by atoms with E-state index in [1.165, 1.54) is 6.92 Å². The largest absolute Gasteiger partial charge is 0.480 e. The van der Waals surface area contributed by atoms with Crippen LogP contribution in [0.2, 0.25) is 0 Å². The van der Waals surface area contributed by atoms with Crippen LogP contribution in [-0.4, -0.2) is 28.3 Å². The van der Waals surface area contributed by atoms with Crippen molar-refractivity contribution in [1.82, 2.24) is 0 Å². The van der Waals surface area contributed by atoms with Crippen molar-refractivity contribution in [2.45, 2.75) is 19.1 Å². The fourth-order valence-corrected chi connectivity index (χ4v) is 0.206. The van der Waals surface area contributed by atoms with Crippen LogP contribution in [0, 0.1) is 12.8 Å². The summed E-state index contributed by atoms with van der Waals surface area (Å²) in [6.45, 7) is 1.33.